The first-order chi connectivity index (χ1) is 11.0. The van der Waals surface area contributed by atoms with Gasteiger partial charge in [-0.05, 0) is 19.1 Å². The summed E-state index contributed by atoms with van der Waals surface area (Å²) >= 11 is 0. The summed E-state index contributed by atoms with van der Waals surface area (Å²) in [7, 11) is 0. The van der Waals surface area contributed by atoms with Crippen LogP contribution in [0.4, 0.5) is 10.4 Å². The van der Waals surface area contributed by atoms with Crippen LogP contribution in [0.25, 0.3) is 11.1 Å². The van der Waals surface area contributed by atoms with Crippen molar-refractivity contribution in [3.63, 3.8) is 0 Å². The molecular formula is C16H18FN5O. The molecule has 1 unspecified atom stereocenters. The molecule has 1 aliphatic heterocycles. The Hall–Kier alpha value is -2.44. The van der Waals surface area contributed by atoms with Crippen molar-refractivity contribution in [3.05, 3.63) is 35.7 Å². The number of halogens is 1. The number of aromatic nitrogens is 4. The summed E-state index contributed by atoms with van der Waals surface area (Å²) in [6, 6.07) is 4.87. The zero-order valence-corrected chi connectivity index (χ0v) is 13.3. The van der Waals surface area contributed by atoms with E-state index in [4.69, 9.17) is 4.42 Å². The molecule has 6 nitrogen and oxygen atoms in total. The van der Waals surface area contributed by atoms with Crippen LogP contribution in [0.2, 0.25) is 0 Å². The van der Waals surface area contributed by atoms with Crippen molar-refractivity contribution in [1.29, 1.82) is 0 Å². The van der Waals surface area contributed by atoms with Gasteiger partial charge in [0.2, 0.25) is 0 Å². The third-order valence-electron chi connectivity index (χ3n) is 4.31. The van der Waals surface area contributed by atoms with E-state index in [1.165, 1.54) is 12.1 Å². The number of fused-ring (bicyclic) bond motifs is 2. The first kappa shape index (κ1) is 14.2. The lowest BCUT2D eigenvalue weighted by Gasteiger charge is -2.32. The Labute approximate surface area is 132 Å². The molecule has 1 atom stereocenters. The van der Waals surface area contributed by atoms with Crippen LogP contribution in [0, 0.1) is 5.82 Å². The Morgan fingerprint density at radius 3 is 2.87 bits per heavy atom. The van der Waals surface area contributed by atoms with Crippen LogP contribution in [-0.2, 0) is 6.54 Å². The zero-order valence-electron chi connectivity index (χ0n) is 13.3. The number of nitrogens with zero attached hydrogens (tertiary/aromatic N) is 5. The van der Waals surface area contributed by atoms with Crippen LogP contribution in [0.1, 0.15) is 44.4 Å². The highest BCUT2D eigenvalue weighted by Gasteiger charge is 2.31. The molecule has 2 aromatic heterocycles. The van der Waals surface area contributed by atoms with Crippen LogP contribution >= 0.6 is 0 Å². The molecule has 23 heavy (non-hydrogen) atoms. The van der Waals surface area contributed by atoms with E-state index in [1.54, 1.807) is 6.07 Å². The largest absolute Gasteiger partial charge is 0.423 e. The summed E-state index contributed by atoms with van der Waals surface area (Å²) < 4.78 is 21.3. The molecule has 0 N–H and O–H groups in total. The van der Waals surface area contributed by atoms with Crippen molar-refractivity contribution in [2.75, 3.05) is 11.4 Å². The second-order valence-electron chi connectivity index (χ2n) is 6.20. The minimum absolute atomic E-state index is 0.00154. The smallest absolute Gasteiger partial charge is 0.299 e. The molecule has 0 amide bonds. The lowest BCUT2D eigenvalue weighted by atomic mass is 10.1. The van der Waals surface area contributed by atoms with Gasteiger partial charge in [-0.25, -0.2) is 4.39 Å². The Morgan fingerprint density at radius 1 is 1.26 bits per heavy atom. The van der Waals surface area contributed by atoms with E-state index in [2.05, 4.69) is 40.5 Å². The summed E-state index contributed by atoms with van der Waals surface area (Å²) in [4.78, 5) is 6.47. The molecule has 0 fully saturated rings. The predicted octanol–water partition coefficient (Wildman–Crippen LogP) is 3.26. The Balaban J connectivity index is 1.72. The van der Waals surface area contributed by atoms with Crippen molar-refractivity contribution < 1.29 is 8.81 Å². The average Bonchev–Trinajstić information content (AvgIpc) is 3.11. The van der Waals surface area contributed by atoms with E-state index in [9.17, 15) is 4.39 Å². The van der Waals surface area contributed by atoms with E-state index in [0.29, 0.717) is 23.0 Å². The van der Waals surface area contributed by atoms with E-state index >= 15 is 0 Å². The number of rotatable bonds is 2. The number of oxazole rings is 1. The fourth-order valence-corrected chi connectivity index (χ4v) is 3.11. The van der Waals surface area contributed by atoms with Gasteiger partial charge in [-0.1, -0.05) is 13.8 Å². The molecule has 7 heteroatoms. The van der Waals surface area contributed by atoms with Crippen molar-refractivity contribution in [1.82, 2.24) is 19.7 Å². The van der Waals surface area contributed by atoms with E-state index in [1.807, 2.05) is 4.90 Å². The van der Waals surface area contributed by atoms with Crippen molar-refractivity contribution in [3.8, 4) is 0 Å². The molecule has 4 rings (SSSR count). The Bertz CT molecular complexity index is 869. The van der Waals surface area contributed by atoms with E-state index in [-0.39, 0.29) is 11.9 Å². The molecule has 0 aliphatic carbocycles. The molecule has 0 radical (unpaired) electrons. The lowest BCUT2D eigenvalue weighted by Crippen LogP contribution is -2.37. The molecule has 1 aromatic carbocycles. The van der Waals surface area contributed by atoms with Gasteiger partial charge < -0.3 is 13.9 Å². The maximum atomic E-state index is 13.3. The quantitative estimate of drug-likeness (QED) is 0.726. The van der Waals surface area contributed by atoms with Gasteiger partial charge in [0.15, 0.2) is 11.4 Å². The normalized spacial score (nSPS) is 18.0. The Kier molecular flexibility index (Phi) is 3.11. The molecule has 3 heterocycles. The fourth-order valence-electron chi connectivity index (χ4n) is 3.11. The monoisotopic (exact) mass is 315 g/mol. The number of hydrogen-bond donors (Lipinski definition) is 0. The number of hydrogen-bond acceptors (Lipinski definition) is 5. The van der Waals surface area contributed by atoms with Crippen molar-refractivity contribution in [2.24, 2.45) is 0 Å². The van der Waals surface area contributed by atoms with Gasteiger partial charge in [0, 0.05) is 25.1 Å². The third-order valence-corrected chi connectivity index (χ3v) is 4.31. The maximum absolute atomic E-state index is 13.3. The molecule has 0 bridgehead atoms. The summed E-state index contributed by atoms with van der Waals surface area (Å²) in [6.07, 6.45) is 0. The molecule has 120 valence electrons. The van der Waals surface area contributed by atoms with Crippen LogP contribution in [0.5, 0.6) is 0 Å². The third kappa shape index (κ3) is 2.18. The molecule has 0 spiro atoms. The predicted molar refractivity (Wildman–Crippen MR) is 83.8 cm³/mol. The minimum Gasteiger partial charge on any atom is -0.423 e. The topological polar surface area (TPSA) is 60.0 Å². The van der Waals surface area contributed by atoms with Gasteiger partial charge in [-0.3, -0.25) is 0 Å². The van der Waals surface area contributed by atoms with Gasteiger partial charge in [0.25, 0.3) is 6.01 Å². The second kappa shape index (κ2) is 5.04. The average molecular weight is 315 g/mol. The van der Waals surface area contributed by atoms with Crippen molar-refractivity contribution >= 4 is 17.1 Å². The maximum Gasteiger partial charge on any atom is 0.299 e. The first-order valence-corrected chi connectivity index (χ1v) is 7.80. The van der Waals surface area contributed by atoms with E-state index in [0.717, 1.165) is 24.7 Å². The first-order valence-electron chi connectivity index (χ1n) is 7.80. The van der Waals surface area contributed by atoms with E-state index < -0.39 is 0 Å². The summed E-state index contributed by atoms with van der Waals surface area (Å²) in [6.45, 7) is 7.82. The minimum atomic E-state index is -0.314. The van der Waals surface area contributed by atoms with Gasteiger partial charge >= 0.3 is 0 Å². The van der Waals surface area contributed by atoms with Crippen LogP contribution in [0.15, 0.2) is 22.6 Å². The zero-order chi connectivity index (χ0) is 16.1. The SMILES string of the molecule is CC(C)c1nnc2n1CCN(c1nc3cc(F)ccc3o1)C2C. The molecule has 0 saturated carbocycles. The highest BCUT2D eigenvalue weighted by molar-refractivity contribution is 5.74. The van der Waals surface area contributed by atoms with Crippen LogP contribution < -0.4 is 4.90 Å². The number of benzene rings is 1. The van der Waals surface area contributed by atoms with Crippen molar-refractivity contribution in [2.45, 2.75) is 39.3 Å². The summed E-state index contributed by atoms with van der Waals surface area (Å²) in [5.74, 6) is 1.94. The molecule has 0 saturated heterocycles. The van der Waals surface area contributed by atoms with Crippen LogP contribution in [0.3, 0.4) is 0 Å². The lowest BCUT2D eigenvalue weighted by molar-refractivity contribution is 0.442. The highest BCUT2D eigenvalue weighted by atomic mass is 19.1. The van der Waals surface area contributed by atoms with Crippen LogP contribution in [-0.4, -0.2) is 26.3 Å². The van der Waals surface area contributed by atoms with Gasteiger partial charge in [0.05, 0.1) is 6.04 Å². The molecule has 3 aromatic rings. The standard InChI is InChI=1S/C16H18FN5O/c1-9(2)14-19-20-15-10(3)21(6-7-22(14)15)16-18-12-8-11(17)4-5-13(12)23-16/h4-5,8-10H,6-7H2,1-3H3. The summed E-state index contributed by atoms with van der Waals surface area (Å²) in [5.41, 5.74) is 1.12. The molecular weight excluding hydrogens is 297 g/mol. The number of anilines is 1. The van der Waals surface area contributed by atoms with Gasteiger partial charge in [0.1, 0.15) is 17.2 Å². The second-order valence-corrected chi connectivity index (χ2v) is 6.20. The van der Waals surface area contributed by atoms with Gasteiger partial charge in [-0.15, -0.1) is 10.2 Å². The molecule has 1 aliphatic rings. The summed E-state index contributed by atoms with van der Waals surface area (Å²) in [5, 5.41) is 8.66. The Morgan fingerprint density at radius 2 is 2.09 bits per heavy atom. The highest BCUT2D eigenvalue weighted by Crippen LogP contribution is 2.32. The van der Waals surface area contributed by atoms with Gasteiger partial charge in [-0.2, -0.15) is 4.98 Å². The fraction of sp³-hybridized carbons (Fsp3) is 0.438.